The Kier molecular flexibility index (Phi) is 8.43. The Balaban J connectivity index is 1.88. The number of carbonyl (C=O) groups excluding carboxylic acids is 1. The first-order valence-corrected chi connectivity index (χ1v) is 10.1. The number of carbonyl (C=O) groups is 1. The van der Waals surface area contributed by atoms with E-state index in [1.165, 1.54) is 0 Å². The molecule has 6 heteroatoms. The number of likely N-dealkylation sites (tertiary alicyclic amines) is 1. The molecule has 0 bridgehead atoms. The van der Waals surface area contributed by atoms with Gasteiger partial charge in [-0.2, -0.15) is 0 Å². The summed E-state index contributed by atoms with van der Waals surface area (Å²) < 4.78 is 5.72. The molecule has 1 amide bonds. The molecule has 0 saturated carbocycles. The van der Waals surface area contributed by atoms with E-state index in [1.807, 2.05) is 24.0 Å². The Morgan fingerprint density at radius 1 is 1.30 bits per heavy atom. The number of nitrogens with zero attached hydrogens (tertiary/aromatic N) is 2. The normalized spacial score (nSPS) is 17.3. The molecule has 1 aliphatic rings. The van der Waals surface area contributed by atoms with Crippen molar-refractivity contribution in [2.75, 3.05) is 26.2 Å². The topological polar surface area (TPSA) is 66.0 Å². The van der Waals surface area contributed by atoms with Crippen LogP contribution in [0.3, 0.4) is 0 Å². The molecule has 1 unspecified atom stereocenters. The molecule has 150 valence electrons. The molecular formula is C21H34N4O2. The minimum atomic E-state index is 0.223. The smallest absolute Gasteiger partial charge is 0.222 e. The second-order valence-electron chi connectivity index (χ2n) is 7.37. The predicted octanol–water partition coefficient (Wildman–Crippen LogP) is 2.79. The molecule has 27 heavy (non-hydrogen) atoms. The molecule has 1 aromatic carbocycles. The summed E-state index contributed by atoms with van der Waals surface area (Å²) in [7, 11) is 0. The average Bonchev–Trinajstić information content (AvgIpc) is 3.13. The standard InChI is InChI=1S/C21H34N4O2/c1-5-20(26)25-12-11-18(14-25)24-21(22-6-2)23-13-17-7-9-19(10-8-17)27-15-16(3)4/h7-10,16,18H,5-6,11-15H2,1-4H3,(H2,22,23,24). The number of hydrogen-bond acceptors (Lipinski definition) is 3. The summed E-state index contributed by atoms with van der Waals surface area (Å²) in [6, 6.07) is 8.36. The van der Waals surface area contributed by atoms with Crippen LogP contribution in [0.25, 0.3) is 0 Å². The van der Waals surface area contributed by atoms with Crippen LogP contribution in [-0.2, 0) is 11.3 Å². The number of guanidine groups is 1. The molecule has 0 radical (unpaired) electrons. The van der Waals surface area contributed by atoms with E-state index in [0.717, 1.165) is 49.9 Å². The number of hydrogen-bond donors (Lipinski definition) is 2. The molecule has 1 aliphatic heterocycles. The van der Waals surface area contributed by atoms with Gasteiger partial charge in [0, 0.05) is 32.1 Å². The highest BCUT2D eigenvalue weighted by Gasteiger charge is 2.25. The third-order valence-corrected chi connectivity index (χ3v) is 4.45. The molecule has 1 saturated heterocycles. The molecule has 1 atom stereocenters. The van der Waals surface area contributed by atoms with Gasteiger partial charge < -0.3 is 20.3 Å². The van der Waals surface area contributed by atoms with E-state index in [9.17, 15) is 4.79 Å². The largest absolute Gasteiger partial charge is 0.493 e. The quantitative estimate of drug-likeness (QED) is 0.542. The van der Waals surface area contributed by atoms with Gasteiger partial charge in [-0.1, -0.05) is 32.9 Å². The molecule has 1 heterocycles. The number of amides is 1. The molecule has 0 aromatic heterocycles. The molecule has 2 N–H and O–H groups in total. The summed E-state index contributed by atoms with van der Waals surface area (Å²) in [5, 5.41) is 6.75. The highest BCUT2D eigenvalue weighted by atomic mass is 16.5. The lowest BCUT2D eigenvalue weighted by molar-refractivity contribution is -0.129. The average molecular weight is 375 g/mol. The van der Waals surface area contributed by atoms with E-state index >= 15 is 0 Å². The lowest BCUT2D eigenvalue weighted by Gasteiger charge is -2.18. The molecule has 0 spiro atoms. The van der Waals surface area contributed by atoms with Crippen LogP contribution in [0.4, 0.5) is 0 Å². The molecule has 2 rings (SSSR count). The third kappa shape index (κ3) is 7.12. The Labute approximate surface area is 163 Å². The van der Waals surface area contributed by atoms with Crippen LogP contribution in [0.1, 0.15) is 46.1 Å². The van der Waals surface area contributed by atoms with Gasteiger partial charge in [0.05, 0.1) is 13.2 Å². The second-order valence-corrected chi connectivity index (χ2v) is 7.37. The zero-order chi connectivity index (χ0) is 19.6. The highest BCUT2D eigenvalue weighted by Crippen LogP contribution is 2.14. The van der Waals surface area contributed by atoms with Gasteiger partial charge >= 0.3 is 0 Å². The first-order chi connectivity index (χ1) is 13.0. The van der Waals surface area contributed by atoms with Crippen LogP contribution < -0.4 is 15.4 Å². The minimum Gasteiger partial charge on any atom is -0.493 e. The van der Waals surface area contributed by atoms with E-state index in [0.29, 0.717) is 18.9 Å². The van der Waals surface area contributed by atoms with Gasteiger partial charge in [0.15, 0.2) is 5.96 Å². The summed E-state index contributed by atoms with van der Waals surface area (Å²) in [6.07, 6.45) is 1.52. The van der Waals surface area contributed by atoms with Crippen molar-refractivity contribution in [2.45, 2.75) is 53.1 Å². The SMILES string of the molecule is CCNC(=NCc1ccc(OCC(C)C)cc1)NC1CCN(C(=O)CC)C1. The Hall–Kier alpha value is -2.24. The second kappa shape index (κ2) is 10.8. The van der Waals surface area contributed by atoms with Gasteiger partial charge in [-0.25, -0.2) is 4.99 Å². The molecule has 6 nitrogen and oxygen atoms in total. The zero-order valence-corrected chi connectivity index (χ0v) is 17.1. The van der Waals surface area contributed by atoms with E-state index in [2.05, 4.69) is 43.5 Å². The van der Waals surface area contributed by atoms with Crippen LogP contribution in [0, 0.1) is 5.92 Å². The zero-order valence-electron chi connectivity index (χ0n) is 17.1. The molecular weight excluding hydrogens is 340 g/mol. The summed E-state index contributed by atoms with van der Waals surface area (Å²) in [6.45, 7) is 11.9. The predicted molar refractivity (Wildman–Crippen MR) is 110 cm³/mol. The van der Waals surface area contributed by atoms with Gasteiger partial charge in [-0.05, 0) is 37.0 Å². The van der Waals surface area contributed by atoms with Gasteiger partial charge in [-0.3, -0.25) is 4.79 Å². The van der Waals surface area contributed by atoms with Crippen molar-refractivity contribution in [3.8, 4) is 5.75 Å². The van der Waals surface area contributed by atoms with Crippen LogP contribution >= 0.6 is 0 Å². The van der Waals surface area contributed by atoms with E-state index < -0.39 is 0 Å². The fraction of sp³-hybridized carbons (Fsp3) is 0.619. The number of ether oxygens (including phenoxy) is 1. The Morgan fingerprint density at radius 3 is 2.67 bits per heavy atom. The van der Waals surface area contributed by atoms with E-state index in [-0.39, 0.29) is 11.9 Å². The first kappa shape index (κ1) is 21.1. The van der Waals surface area contributed by atoms with Crippen molar-refractivity contribution in [3.05, 3.63) is 29.8 Å². The van der Waals surface area contributed by atoms with Gasteiger partial charge in [-0.15, -0.1) is 0 Å². The van der Waals surface area contributed by atoms with Crippen molar-refractivity contribution in [2.24, 2.45) is 10.9 Å². The maximum Gasteiger partial charge on any atom is 0.222 e. The molecule has 0 aliphatic carbocycles. The van der Waals surface area contributed by atoms with Crippen molar-refractivity contribution in [1.82, 2.24) is 15.5 Å². The fourth-order valence-corrected chi connectivity index (χ4v) is 2.97. The molecule has 1 aromatic rings. The van der Waals surface area contributed by atoms with E-state index in [1.54, 1.807) is 0 Å². The number of benzene rings is 1. The Morgan fingerprint density at radius 2 is 2.04 bits per heavy atom. The Bertz CT molecular complexity index is 613. The maximum atomic E-state index is 11.8. The lowest BCUT2D eigenvalue weighted by atomic mass is 10.2. The van der Waals surface area contributed by atoms with Crippen molar-refractivity contribution < 1.29 is 9.53 Å². The maximum absolute atomic E-state index is 11.8. The monoisotopic (exact) mass is 374 g/mol. The van der Waals surface area contributed by atoms with Crippen molar-refractivity contribution >= 4 is 11.9 Å². The van der Waals surface area contributed by atoms with Gasteiger partial charge in [0.1, 0.15) is 5.75 Å². The number of rotatable bonds is 8. The first-order valence-electron chi connectivity index (χ1n) is 10.1. The number of aliphatic imine (C=N–C) groups is 1. The van der Waals surface area contributed by atoms with Gasteiger partial charge in [0.2, 0.25) is 5.91 Å². The summed E-state index contributed by atoms with van der Waals surface area (Å²) >= 11 is 0. The lowest BCUT2D eigenvalue weighted by Crippen LogP contribution is -2.45. The van der Waals surface area contributed by atoms with Crippen LogP contribution in [-0.4, -0.2) is 49.0 Å². The van der Waals surface area contributed by atoms with Crippen molar-refractivity contribution in [3.63, 3.8) is 0 Å². The van der Waals surface area contributed by atoms with E-state index in [4.69, 9.17) is 9.73 Å². The van der Waals surface area contributed by atoms with Gasteiger partial charge in [0.25, 0.3) is 0 Å². The molecule has 1 fully saturated rings. The fourth-order valence-electron chi connectivity index (χ4n) is 2.97. The van der Waals surface area contributed by atoms with Crippen LogP contribution in [0.2, 0.25) is 0 Å². The summed E-state index contributed by atoms with van der Waals surface area (Å²) in [5.41, 5.74) is 1.14. The summed E-state index contributed by atoms with van der Waals surface area (Å²) in [4.78, 5) is 18.5. The van der Waals surface area contributed by atoms with Crippen molar-refractivity contribution in [1.29, 1.82) is 0 Å². The third-order valence-electron chi connectivity index (χ3n) is 4.45. The number of nitrogens with one attached hydrogen (secondary N) is 2. The highest BCUT2D eigenvalue weighted by molar-refractivity contribution is 5.80. The summed E-state index contributed by atoms with van der Waals surface area (Å²) in [5.74, 6) is 2.43. The van der Waals surface area contributed by atoms with Crippen LogP contribution in [0.15, 0.2) is 29.3 Å². The van der Waals surface area contributed by atoms with Crippen LogP contribution in [0.5, 0.6) is 5.75 Å². The minimum absolute atomic E-state index is 0.223.